The topological polar surface area (TPSA) is 478 Å². The molecule has 0 aliphatic rings. The summed E-state index contributed by atoms with van der Waals surface area (Å²) >= 11 is 7.18. The Morgan fingerprint density at radius 2 is 0.630 bits per heavy atom. The molecule has 0 saturated carbocycles. The number of aromatic carboxylic acids is 1. The second-order valence-corrected chi connectivity index (χ2v) is 25.0. The van der Waals surface area contributed by atoms with E-state index in [9.17, 15) is 52.7 Å². The van der Waals surface area contributed by atoms with Gasteiger partial charge in [-0.05, 0) is 163 Å². The Hall–Kier alpha value is -10.0. The van der Waals surface area contributed by atoms with Crippen molar-refractivity contribution in [3.63, 3.8) is 0 Å². The number of nitrogens with one attached hydrogen (secondary N) is 4. The number of carboxylic acids is 1. The van der Waals surface area contributed by atoms with Gasteiger partial charge in [-0.1, -0.05) is 152 Å². The number of aliphatic hydroxyl groups is 4. The molecule has 0 heterocycles. The van der Waals surface area contributed by atoms with Gasteiger partial charge in [0.1, 0.15) is 0 Å². The average Bonchev–Trinajstić information content (AvgIpc) is 0.849. The summed E-state index contributed by atoms with van der Waals surface area (Å²) < 4.78 is 26.4. The quantitative estimate of drug-likeness (QED) is 0.00323. The lowest BCUT2D eigenvalue weighted by Gasteiger charge is -2.07. The Bertz CT molecular complexity index is 4210. The van der Waals surface area contributed by atoms with E-state index in [2.05, 4.69) is 39.9 Å². The van der Waals surface area contributed by atoms with Crippen LogP contribution in [-0.2, 0) is 51.2 Å². The molecule has 8 aromatic carbocycles. The van der Waals surface area contributed by atoms with Gasteiger partial charge >= 0.3 is 5.97 Å². The first-order valence-corrected chi connectivity index (χ1v) is 39.5. The van der Waals surface area contributed by atoms with Crippen molar-refractivity contribution in [3.8, 4) is 0 Å². The van der Waals surface area contributed by atoms with Gasteiger partial charge in [0.05, 0.1) is 91.4 Å². The van der Waals surface area contributed by atoms with Crippen LogP contribution in [0.5, 0.6) is 0 Å². The van der Waals surface area contributed by atoms with Crippen molar-refractivity contribution in [2.45, 2.75) is 72.8 Å². The fourth-order valence-electron chi connectivity index (χ4n) is 9.79. The Kier molecular flexibility index (Phi) is 61.0. The van der Waals surface area contributed by atoms with Crippen molar-refractivity contribution in [2.75, 3.05) is 117 Å². The first kappa shape index (κ1) is 107. The van der Waals surface area contributed by atoms with Gasteiger partial charge in [0.2, 0.25) is 0 Å². The van der Waals surface area contributed by atoms with Crippen molar-refractivity contribution in [2.24, 2.45) is 23.2 Å². The summed E-state index contributed by atoms with van der Waals surface area (Å²) in [6.07, 6.45) is 3.63. The van der Waals surface area contributed by atoms with Crippen LogP contribution in [0, 0.1) is 0 Å². The first-order chi connectivity index (χ1) is 57.4. The van der Waals surface area contributed by atoms with Crippen LogP contribution in [0.3, 0.4) is 0 Å². The predicted molar refractivity (Wildman–Crippen MR) is 471 cm³/mol. The van der Waals surface area contributed by atoms with Crippen molar-refractivity contribution >= 4 is 110 Å². The largest absolute Gasteiger partial charge is 0.478 e. The molecule has 4 amide bonds. The number of hydrogen-bond acceptors (Lipinski definition) is 23. The number of ketones is 5. The number of carbonyl (C=O) groups excluding carboxylic acids is 10. The van der Waals surface area contributed by atoms with E-state index in [4.69, 9.17) is 68.9 Å². The number of aliphatic hydroxyl groups excluding tert-OH is 4. The van der Waals surface area contributed by atoms with E-state index in [1.54, 1.807) is 115 Å². The van der Waals surface area contributed by atoms with Crippen molar-refractivity contribution in [1.29, 1.82) is 0 Å². The Balaban J connectivity index is 0.00000144. The zero-order chi connectivity index (χ0) is 88.6. The second kappa shape index (κ2) is 67.8. The van der Waals surface area contributed by atoms with Gasteiger partial charge in [0.25, 0.3) is 28.9 Å². The molecule has 646 valence electrons. The lowest BCUT2D eigenvalue weighted by Crippen LogP contribution is -2.27. The molecule has 8 rings (SSSR count). The minimum Gasteiger partial charge on any atom is -0.478 e. The maximum Gasteiger partial charge on any atom is 0.335 e. The van der Waals surface area contributed by atoms with Gasteiger partial charge in [-0.25, -0.2) is 4.79 Å². The number of carboxylic acid groups (broad SMARTS) is 1. The van der Waals surface area contributed by atoms with Crippen LogP contribution in [0.25, 0.3) is 0 Å². The molecule has 8 aromatic rings. The van der Waals surface area contributed by atoms with Crippen LogP contribution in [0.1, 0.15) is 184 Å². The SMILES string of the molecule is CC(=O)c1cccc(C(=O)CCc2ccc(C(=O)NCCOCCO)cc2)c1.CC(=O)c1cccc(C(=O)Cl)c1.CCc1ccc(C(=O)NCCOCCO)cc1.CCc1ccc(C(=O)O)cc1.Cl.NCC(=O)c1cccc(C(=O)CCc2ccc(C(=O)NCCOCCO)cc2)c1.NCc1ccc(C(=O)NCCOCCO)cc1.NN.[2H]CI. The number of nitrogens with two attached hydrogens (primary N) is 4. The molecule has 0 bridgehead atoms. The van der Waals surface area contributed by atoms with Crippen molar-refractivity contribution in [1.82, 2.24) is 21.3 Å². The van der Waals surface area contributed by atoms with Gasteiger partial charge in [0.15, 0.2) is 28.9 Å². The van der Waals surface area contributed by atoms with Crippen LogP contribution in [0.15, 0.2) is 194 Å². The highest BCUT2D eigenvalue weighted by Crippen LogP contribution is 2.16. The molecule has 28 nitrogen and oxygen atoms in total. The molecule has 0 aromatic heterocycles. The maximum atomic E-state index is 12.4. The number of benzene rings is 8. The molecule has 0 saturated heterocycles. The van der Waals surface area contributed by atoms with Crippen molar-refractivity contribution in [3.05, 3.63) is 283 Å². The van der Waals surface area contributed by atoms with Gasteiger partial charge in [-0.3, -0.25) is 59.6 Å². The number of hydrazine groups is 1. The van der Waals surface area contributed by atoms with Crippen LogP contribution in [0.2, 0.25) is 0 Å². The highest BCUT2D eigenvalue weighted by Gasteiger charge is 2.15. The van der Waals surface area contributed by atoms with Gasteiger partial charge < -0.3 is 77.2 Å². The molecule has 0 radical (unpaired) electrons. The number of aryl methyl sites for hydroxylation is 4. The predicted octanol–water partition coefficient (Wildman–Crippen LogP) is 9.20. The standard InChI is InChI=1S/C22H26N2O5.C22H25NO5.C13H19NO3.C12H18N2O3.C9H7ClO2.C9H10O2.CH3I.ClH.H4N2/c23-15-21(27)19-3-1-2-18(14-19)20(26)9-6-16-4-7-17(8-5-16)22(28)24-10-12-29-13-11-25;1-16(25)19-3-2-4-20(15-19)21(26)10-7-17-5-8-18(9-6-17)22(27)23-11-13-28-14-12-24;1-2-11-3-5-12(6-4-11)13(16)14-7-9-17-10-8-15;13-9-10-1-3-11(4-2-10)12(16)14-5-7-17-8-6-15;1-6(11)7-3-2-4-8(5-7)9(10)12;1-2-7-3-5-8(6-4-7)9(10)11;1-2;;1-2/h1-5,7-8,14,25H,6,9-13,15,23H2,(H,24,28);2-6,8-9,15,24H,7,10-14H2,1H3,(H,23,27);3-6,15H,2,7-10H2,1H3,(H,14,16);1-4,15H,5-9,13H2,(H,14,16);2-5H,1H3;3-6H,2H2,1H3,(H,10,11);1H3;1H;1-2H2/i;;;;;;1D;;. The first-order valence-electron chi connectivity index (χ1n) is 38.3. The number of halogens is 3. The zero-order valence-corrected chi connectivity index (χ0v) is 71.2. The molecular formula is C88H113Cl2IN8O20. The highest BCUT2D eigenvalue weighted by atomic mass is 127. The van der Waals surface area contributed by atoms with Crippen LogP contribution < -0.4 is 44.4 Å². The second-order valence-electron chi connectivity index (χ2n) is 24.7. The lowest BCUT2D eigenvalue weighted by molar-refractivity contribution is 0.0694. The number of ether oxygens (including phenoxy) is 4. The van der Waals surface area contributed by atoms with Crippen LogP contribution >= 0.6 is 46.6 Å². The average molecular weight is 1800 g/mol. The molecular weight excluding hydrogens is 1690 g/mol. The van der Waals surface area contributed by atoms with Gasteiger partial charge in [0, 0.05) is 103 Å². The molecule has 0 atom stereocenters. The Morgan fingerprint density at radius 1 is 0.378 bits per heavy atom. The van der Waals surface area contributed by atoms with Crippen LogP contribution in [-0.4, -0.2) is 206 Å². The number of rotatable bonds is 41. The smallest absolute Gasteiger partial charge is 0.335 e. The summed E-state index contributed by atoms with van der Waals surface area (Å²) in [4.78, 5) is 128. The summed E-state index contributed by atoms with van der Waals surface area (Å²) in [7, 11) is 0. The molecule has 0 spiro atoms. The van der Waals surface area contributed by atoms with E-state index in [-0.39, 0.29) is 111 Å². The molecule has 31 heteroatoms. The minimum atomic E-state index is -0.868. The zero-order valence-electron chi connectivity index (χ0n) is 68.5. The summed E-state index contributed by atoms with van der Waals surface area (Å²) in [6, 6.07) is 55.5. The number of hydrogen-bond donors (Lipinski definition) is 13. The van der Waals surface area contributed by atoms with E-state index in [0.29, 0.717) is 164 Å². The normalized spacial score (nSPS) is 10.0. The number of amides is 4. The van der Waals surface area contributed by atoms with E-state index in [1.165, 1.54) is 25.5 Å². The fraction of sp³-hybridized carbons (Fsp3) is 0.330. The van der Waals surface area contributed by atoms with E-state index >= 15 is 0 Å². The third-order valence-corrected chi connectivity index (χ3v) is 16.5. The minimum absolute atomic E-state index is 0. The molecule has 0 fully saturated rings. The molecule has 0 unspecified atom stereocenters. The third kappa shape index (κ3) is 47.4. The monoisotopic (exact) mass is 1800 g/mol. The number of Topliss-reactive ketones (excluding diaryl/α,β-unsaturated/α-hetero) is 5. The van der Waals surface area contributed by atoms with Crippen LogP contribution in [0.4, 0.5) is 0 Å². The highest BCUT2D eigenvalue weighted by molar-refractivity contribution is 14.1. The summed E-state index contributed by atoms with van der Waals surface area (Å²) in [5.41, 5.74) is 21.6. The Labute approximate surface area is 721 Å². The number of alkyl halides is 1. The Morgan fingerprint density at radius 3 is 0.891 bits per heavy atom. The third-order valence-electron chi connectivity index (χ3n) is 16.2. The van der Waals surface area contributed by atoms with Gasteiger partial charge in [-0.2, -0.15) is 0 Å². The molecule has 0 aliphatic heterocycles. The van der Waals surface area contributed by atoms with Gasteiger partial charge in [-0.15, -0.1) is 12.4 Å². The summed E-state index contributed by atoms with van der Waals surface area (Å²) in [5, 5.41) is 53.1. The molecule has 17 N–H and O–H groups in total. The van der Waals surface area contributed by atoms with Crippen molar-refractivity contribution < 1.29 is 98.6 Å². The summed E-state index contributed by atoms with van der Waals surface area (Å²) in [6.45, 7) is 11.5. The lowest BCUT2D eigenvalue weighted by atomic mass is 9.99. The van der Waals surface area contributed by atoms with E-state index in [0.717, 1.165) is 35.1 Å². The number of carbonyl (C=O) groups is 11. The van der Waals surface area contributed by atoms with E-state index in [1.807, 2.05) is 102 Å². The molecule has 119 heavy (non-hydrogen) atoms. The van der Waals surface area contributed by atoms with E-state index < -0.39 is 11.2 Å². The molecule has 0 aliphatic carbocycles. The fourth-order valence-corrected chi connectivity index (χ4v) is 9.91. The summed E-state index contributed by atoms with van der Waals surface area (Å²) in [5.74, 6) is 6.08. The maximum absolute atomic E-state index is 12.4.